The number of hydrogen-bond donors (Lipinski definition) is 1. The van der Waals surface area contributed by atoms with Crippen LogP contribution in [-0.2, 0) is 9.53 Å². The molecule has 1 fully saturated rings. The highest BCUT2D eigenvalue weighted by Gasteiger charge is 2.48. The molecule has 1 aromatic carbocycles. The molecule has 24 heavy (non-hydrogen) atoms. The van der Waals surface area contributed by atoms with Crippen LogP contribution < -0.4 is 0 Å². The lowest BCUT2D eigenvalue weighted by atomic mass is 9.61. The van der Waals surface area contributed by atoms with Crippen LogP contribution >= 0.6 is 0 Å². The zero-order valence-corrected chi connectivity index (χ0v) is 15.1. The van der Waals surface area contributed by atoms with Gasteiger partial charge in [-0.2, -0.15) is 0 Å². The maximum Gasteiger partial charge on any atom is 0.309 e. The normalized spacial score (nSPS) is 29.3. The van der Waals surface area contributed by atoms with Crippen molar-refractivity contribution in [2.24, 2.45) is 11.8 Å². The van der Waals surface area contributed by atoms with Gasteiger partial charge in [-0.3, -0.25) is 4.79 Å². The number of esters is 1. The molecule has 0 heterocycles. The molecule has 0 spiro atoms. The van der Waals surface area contributed by atoms with E-state index in [2.05, 4.69) is 37.3 Å². The summed E-state index contributed by atoms with van der Waals surface area (Å²) in [5.41, 5.74) is 2.37. The molecule has 0 saturated heterocycles. The molecule has 0 amide bonds. The molecule has 4 rings (SSSR count). The van der Waals surface area contributed by atoms with Gasteiger partial charge in [-0.15, -0.1) is 0 Å². The van der Waals surface area contributed by atoms with E-state index in [4.69, 9.17) is 4.74 Å². The van der Waals surface area contributed by atoms with Gasteiger partial charge < -0.3 is 9.84 Å². The summed E-state index contributed by atoms with van der Waals surface area (Å²) in [7, 11) is 0. The van der Waals surface area contributed by atoms with Crippen molar-refractivity contribution in [3.8, 4) is 0 Å². The van der Waals surface area contributed by atoms with E-state index in [0.717, 1.165) is 12.8 Å². The van der Waals surface area contributed by atoms with Crippen molar-refractivity contribution in [3.63, 3.8) is 0 Å². The molecule has 0 aliphatic heterocycles. The minimum atomic E-state index is -0.960. The Bertz CT molecular complexity index is 668. The first-order valence-electron chi connectivity index (χ1n) is 8.89. The molecule has 1 N–H and O–H groups in total. The van der Waals surface area contributed by atoms with Crippen LogP contribution in [0.15, 0.2) is 30.3 Å². The van der Waals surface area contributed by atoms with Crippen LogP contribution in [0.2, 0.25) is 0 Å². The lowest BCUT2D eigenvalue weighted by Gasteiger charge is -2.47. The Labute approximate surface area is 144 Å². The van der Waals surface area contributed by atoms with Crippen LogP contribution in [0.5, 0.6) is 0 Å². The maximum absolute atomic E-state index is 12.2. The second kappa shape index (κ2) is 6.03. The Morgan fingerprint density at radius 1 is 1.33 bits per heavy atom. The molecule has 3 aliphatic carbocycles. The Morgan fingerprint density at radius 3 is 2.67 bits per heavy atom. The van der Waals surface area contributed by atoms with Gasteiger partial charge in [-0.1, -0.05) is 35.9 Å². The number of carbonyl (C=O) groups is 1. The molecule has 3 heteroatoms. The van der Waals surface area contributed by atoms with Crippen molar-refractivity contribution in [1.29, 1.82) is 0 Å². The molecule has 3 aliphatic rings. The summed E-state index contributed by atoms with van der Waals surface area (Å²) in [6.45, 7) is 7.68. The van der Waals surface area contributed by atoms with Crippen LogP contribution in [0.25, 0.3) is 5.57 Å². The molecular weight excluding hydrogens is 300 g/mol. The molecule has 1 aromatic rings. The summed E-state index contributed by atoms with van der Waals surface area (Å²) in [6, 6.07) is 8.54. The molecule has 3 nitrogen and oxygen atoms in total. The third-order valence-electron chi connectivity index (χ3n) is 5.16. The molecule has 3 atom stereocenters. The zero-order chi connectivity index (χ0) is 17.5. The van der Waals surface area contributed by atoms with E-state index in [0.29, 0.717) is 12.3 Å². The van der Waals surface area contributed by atoms with Gasteiger partial charge in [0.2, 0.25) is 0 Å². The Kier molecular flexibility index (Phi) is 4.33. The fourth-order valence-corrected chi connectivity index (χ4v) is 4.17. The van der Waals surface area contributed by atoms with E-state index in [-0.39, 0.29) is 18.3 Å². The Balaban J connectivity index is 1.80. The number of benzene rings is 1. The van der Waals surface area contributed by atoms with Crippen LogP contribution in [-0.4, -0.2) is 22.3 Å². The fraction of sp³-hybridized carbons (Fsp3) is 0.571. The van der Waals surface area contributed by atoms with Crippen molar-refractivity contribution in [1.82, 2.24) is 0 Å². The lowest BCUT2D eigenvalue weighted by molar-refractivity contribution is -0.164. The number of rotatable bonds is 3. The Morgan fingerprint density at radius 2 is 2.08 bits per heavy atom. The molecule has 1 saturated carbocycles. The predicted molar refractivity (Wildman–Crippen MR) is 95.4 cm³/mol. The molecular formula is C21H28O3. The van der Waals surface area contributed by atoms with Crippen LogP contribution in [0.4, 0.5) is 0 Å². The van der Waals surface area contributed by atoms with Gasteiger partial charge in [0, 0.05) is 5.92 Å². The number of hydrogen-bond acceptors (Lipinski definition) is 3. The number of carbonyl (C=O) groups excluding carboxylic acids is 1. The maximum atomic E-state index is 12.2. The minimum absolute atomic E-state index is 0.0329. The van der Waals surface area contributed by atoms with Gasteiger partial charge in [0.25, 0.3) is 0 Å². The third kappa shape index (κ3) is 3.56. The number of ether oxygens (including phenoxy) is 1. The third-order valence-corrected chi connectivity index (χ3v) is 5.16. The highest BCUT2D eigenvalue weighted by atomic mass is 16.6. The van der Waals surface area contributed by atoms with Gasteiger partial charge in [0.15, 0.2) is 0 Å². The fourth-order valence-electron chi connectivity index (χ4n) is 4.17. The number of aliphatic hydroxyl groups is 1. The topological polar surface area (TPSA) is 46.5 Å². The molecule has 0 radical (unpaired) electrons. The smallest absolute Gasteiger partial charge is 0.309 e. The first-order chi connectivity index (χ1) is 11.2. The zero-order valence-electron chi connectivity index (χ0n) is 15.1. The monoisotopic (exact) mass is 328 g/mol. The van der Waals surface area contributed by atoms with Crippen molar-refractivity contribution in [2.75, 3.05) is 0 Å². The average molecular weight is 328 g/mol. The quantitative estimate of drug-likeness (QED) is 0.843. The van der Waals surface area contributed by atoms with E-state index < -0.39 is 11.2 Å². The highest BCUT2D eigenvalue weighted by molar-refractivity contribution is 5.74. The average Bonchev–Trinajstić information content (AvgIpc) is 2.45. The predicted octanol–water partition coefficient (Wildman–Crippen LogP) is 4.27. The van der Waals surface area contributed by atoms with E-state index >= 15 is 0 Å². The van der Waals surface area contributed by atoms with Gasteiger partial charge in [0.05, 0.1) is 12.0 Å². The van der Waals surface area contributed by atoms with Crippen LogP contribution in [0, 0.1) is 18.8 Å². The van der Waals surface area contributed by atoms with Gasteiger partial charge in [-0.25, -0.2) is 0 Å². The first-order valence-corrected chi connectivity index (χ1v) is 8.89. The summed E-state index contributed by atoms with van der Waals surface area (Å²) >= 11 is 0. The van der Waals surface area contributed by atoms with Crippen molar-refractivity contribution >= 4 is 11.5 Å². The standard InChI is InChI=1S/C21H28O3/c1-14-6-5-7-15(10-14)18-11-17-9-8-16(18)12-21(17,23)13-19(22)24-20(2,3)4/h5-7,10-11,16-17,23H,8-9,12-13H2,1-4H3/t16-,17-,21-/m1/s1. The molecule has 2 bridgehead atoms. The van der Waals surface area contributed by atoms with E-state index in [1.54, 1.807) is 0 Å². The largest absolute Gasteiger partial charge is 0.460 e. The molecule has 130 valence electrons. The highest BCUT2D eigenvalue weighted by Crippen LogP contribution is 2.51. The number of allylic oxidation sites excluding steroid dienone is 1. The first kappa shape index (κ1) is 17.2. The van der Waals surface area contributed by atoms with Gasteiger partial charge in [0.1, 0.15) is 5.60 Å². The van der Waals surface area contributed by atoms with Crippen LogP contribution in [0.3, 0.4) is 0 Å². The van der Waals surface area contributed by atoms with Crippen molar-refractivity contribution < 1.29 is 14.6 Å². The SMILES string of the molecule is Cc1cccc(C2=C[C@H]3CC[C@@H]2C[C@@]3(O)CC(=O)OC(C)(C)C)c1. The number of fused-ring (bicyclic) bond motifs is 2. The summed E-state index contributed by atoms with van der Waals surface area (Å²) in [6.07, 6.45) is 4.97. The molecule has 0 aromatic heterocycles. The number of aryl methyl sites for hydroxylation is 1. The van der Waals surface area contributed by atoms with Gasteiger partial charge >= 0.3 is 5.97 Å². The second-order valence-corrected chi connectivity index (χ2v) is 8.44. The summed E-state index contributed by atoms with van der Waals surface area (Å²) in [5, 5.41) is 11.1. The van der Waals surface area contributed by atoms with Crippen molar-refractivity contribution in [2.45, 2.75) is 64.6 Å². The van der Waals surface area contributed by atoms with Gasteiger partial charge in [-0.05, 0) is 64.0 Å². The minimum Gasteiger partial charge on any atom is -0.460 e. The van der Waals surface area contributed by atoms with Crippen molar-refractivity contribution in [3.05, 3.63) is 41.5 Å². The van der Waals surface area contributed by atoms with E-state index in [1.807, 2.05) is 20.8 Å². The summed E-state index contributed by atoms with van der Waals surface area (Å²) in [5.74, 6) is 0.0535. The second-order valence-electron chi connectivity index (χ2n) is 8.44. The summed E-state index contributed by atoms with van der Waals surface area (Å²) in [4.78, 5) is 12.2. The molecule has 0 unspecified atom stereocenters. The van der Waals surface area contributed by atoms with E-state index in [1.165, 1.54) is 16.7 Å². The van der Waals surface area contributed by atoms with E-state index in [9.17, 15) is 9.90 Å². The Hall–Kier alpha value is -1.61. The summed E-state index contributed by atoms with van der Waals surface area (Å²) < 4.78 is 5.42. The lowest BCUT2D eigenvalue weighted by Crippen LogP contribution is -2.48. The van der Waals surface area contributed by atoms with Crippen LogP contribution in [0.1, 0.15) is 57.6 Å².